The van der Waals surface area contributed by atoms with Gasteiger partial charge in [-0.2, -0.15) is 18.3 Å². The summed E-state index contributed by atoms with van der Waals surface area (Å²) in [5.41, 5.74) is 0.0176. The van der Waals surface area contributed by atoms with Gasteiger partial charge in [0, 0.05) is 12.5 Å². The first kappa shape index (κ1) is 15.6. The second kappa shape index (κ2) is 5.30. The average molecular weight is 354 g/mol. The van der Waals surface area contributed by atoms with Crippen LogP contribution in [0.15, 0.2) is 24.3 Å². The second-order valence-electron chi connectivity index (χ2n) is 5.75. The Kier molecular flexibility index (Phi) is 3.31. The van der Waals surface area contributed by atoms with Crippen LogP contribution in [-0.2, 0) is 0 Å². The van der Waals surface area contributed by atoms with Gasteiger partial charge < -0.3 is 24.7 Å². The molecule has 7 nitrogen and oxygen atoms in total. The normalized spacial score (nSPS) is 21.6. The number of hydrogen-bond donors (Lipinski definition) is 1. The van der Waals surface area contributed by atoms with E-state index in [0.29, 0.717) is 21.7 Å². The fourth-order valence-corrected chi connectivity index (χ4v) is 3.02. The van der Waals surface area contributed by atoms with E-state index in [0.717, 1.165) is 6.07 Å². The van der Waals surface area contributed by atoms with Crippen LogP contribution in [0.2, 0.25) is 0 Å². The minimum atomic E-state index is -4.58. The number of benzene rings is 1. The van der Waals surface area contributed by atoms with Gasteiger partial charge >= 0.3 is 6.18 Å². The number of rotatable bonds is 2. The standard InChI is InChI=1S/C15H12F3N3O4/c16-15(17,18)12-4-8(7-1-2-10-11(3-7)25-6-24-10)19-13-5-9(14(22)23)20-21(12)13/h1-3,5,8,12,19H,4,6H2,(H,22,23)/p-1. The van der Waals surface area contributed by atoms with E-state index < -0.39 is 29.9 Å². The Labute approximate surface area is 139 Å². The van der Waals surface area contributed by atoms with Crippen molar-refractivity contribution in [2.75, 3.05) is 12.1 Å². The molecule has 2 aliphatic heterocycles. The first-order valence-electron chi connectivity index (χ1n) is 7.36. The fourth-order valence-electron chi connectivity index (χ4n) is 3.02. The molecular weight excluding hydrogens is 343 g/mol. The third-order valence-electron chi connectivity index (χ3n) is 4.20. The van der Waals surface area contributed by atoms with Crippen molar-refractivity contribution in [3.63, 3.8) is 0 Å². The van der Waals surface area contributed by atoms with E-state index in [-0.39, 0.29) is 19.0 Å². The van der Waals surface area contributed by atoms with Crippen LogP contribution in [0.25, 0.3) is 0 Å². The molecule has 0 radical (unpaired) electrons. The fraction of sp³-hybridized carbons (Fsp3) is 0.333. The van der Waals surface area contributed by atoms with Gasteiger partial charge in [0.05, 0.1) is 12.0 Å². The molecule has 1 aromatic carbocycles. The predicted molar refractivity (Wildman–Crippen MR) is 75.2 cm³/mol. The highest BCUT2D eigenvalue weighted by Crippen LogP contribution is 2.45. The van der Waals surface area contributed by atoms with E-state index in [4.69, 9.17) is 9.47 Å². The number of carbonyl (C=O) groups excluding carboxylic acids is 1. The Morgan fingerprint density at radius 3 is 2.76 bits per heavy atom. The van der Waals surface area contributed by atoms with E-state index in [1.807, 2.05) is 0 Å². The Bertz CT molecular complexity index is 849. The molecule has 10 heteroatoms. The van der Waals surface area contributed by atoms with Gasteiger partial charge in [-0.1, -0.05) is 6.07 Å². The second-order valence-corrected chi connectivity index (χ2v) is 5.75. The first-order chi connectivity index (χ1) is 11.8. The summed E-state index contributed by atoms with van der Waals surface area (Å²) in [5, 5.41) is 17.3. The molecule has 3 heterocycles. The molecule has 0 amide bonds. The Hall–Kier alpha value is -2.91. The van der Waals surface area contributed by atoms with Crippen LogP contribution in [0.4, 0.5) is 19.0 Å². The summed E-state index contributed by atoms with van der Waals surface area (Å²) < 4.78 is 51.4. The lowest BCUT2D eigenvalue weighted by molar-refractivity contribution is -0.255. The lowest BCUT2D eigenvalue weighted by Crippen LogP contribution is -2.35. The van der Waals surface area contributed by atoms with Gasteiger partial charge in [0.1, 0.15) is 11.5 Å². The third-order valence-corrected chi connectivity index (χ3v) is 4.20. The number of nitrogens with zero attached hydrogens (tertiary/aromatic N) is 2. The van der Waals surface area contributed by atoms with E-state index in [9.17, 15) is 23.1 Å². The molecule has 1 N–H and O–H groups in total. The van der Waals surface area contributed by atoms with Crippen LogP contribution in [-0.4, -0.2) is 28.7 Å². The summed E-state index contributed by atoms with van der Waals surface area (Å²) in [7, 11) is 0. The molecule has 4 rings (SSSR count). The van der Waals surface area contributed by atoms with Gasteiger partial charge in [0.15, 0.2) is 17.5 Å². The molecule has 132 valence electrons. The molecular formula is C15H11F3N3O4-. The number of fused-ring (bicyclic) bond motifs is 2. The van der Waals surface area contributed by atoms with Gasteiger partial charge in [0.25, 0.3) is 0 Å². The number of nitrogens with one attached hydrogen (secondary N) is 1. The molecule has 2 atom stereocenters. The summed E-state index contributed by atoms with van der Waals surface area (Å²) >= 11 is 0. The van der Waals surface area contributed by atoms with Crippen LogP contribution in [0.3, 0.4) is 0 Å². The van der Waals surface area contributed by atoms with Crippen LogP contribution < -0.4 is 19.9 Å². The van der Waals surface area contributed by atoms with Gasteiger partial charge in [-0.25, -0.2) is 4.68 Å². The number of carbonyl (C=O) groups is 1. The smallest absolute Gasteiger partial charge is 0.410 e. The number of halogens is 3. The zero-order chi connectivity index (χ0) is 17.8. The number of ether oxygens (including phenoxy) is 2. The highest BCUT2D eigenvalue weighted by atomic mass is 19.4. The molecule has 0 bridgehead atoms. The number of carboxylic acids is 1. The largest absolute Gasteiger partial charge is 0.543 e. The molecule has 0 saturated heterocycles. The summed E-state index contributed by atoms with van der Waals surface area (Å²) in [5.74, 6) is -0.687. The Balaban J connectivity index is 1.73. The maximum atomic E-state index is 13.4. The highest BCUT2D eigenvalue weighted by Gasteiger charge is 2.46. The number of alkyl halides is 3. The molecule has 2 aliphatic rings. The minimum Gasteiger partial charge on any atom is -0.543 e. The van der Waals surface area contributed by atoms with Crippen molar-refractivity contribution in [3.05, 3.63) is 35.5 Å². The quantitative estimate of drug-likeness (QED) is 0.882. The van der Waals surface area contributed by atoms with Gasteiger partial charge in [-0.15, -0.1) is 0 Å². The Morgan fingerprint density at radius 2 is 2.04 bits per heavy atom. The number of aromatic carboxylic acids is 1. The van der Waals surface area contributed by atoms with Crippen LogP contribution in [0.1, 0.15) is 34.6 Å². The van der Waals surface area contributed by atoms with Crippen molar-refractivity contribution >= 4 is 11.8 Å². The van der Waals surface area contributed by atoms with Crippen LogP contribution in [0.5, 0.6) is 11.5 Å². The Morgan fingerprint density at radius 1 is 1.28 bits per heavy atom. The summed E-state index contributed by atoms with van der Waals surface area (Å²) in [6.07, 6.45) is -4.93. The van der Waals surface area contributed by atoms with Crippen molar-refractivity contribution in [2.24, 2.45) is 0 Å². The maximum absolute atomic E-state index is 13.4. The molecule has 25 heavy (non-hydrogen) atoms. The molecule has 2 aromatic rings. The molecule has 0 fully saturated rings. The van der Waals surface area contributed by atoms with E-state index >= 15 is 0 Å². The van der Waals surface area contributed by atoms with E-state index in [2.05, 4.69) is 10.4 Å². The molecule has 1 aromatic heterocycles. The molecule has 0 spiro atoms. The number of hydrogen-bond acceptors (Lipinski definition) is 6. The summed E-state index contributed by atoms with van der Waals surface area (Å²) in [4.78, 5) is 10.9. The summed E-state index contributed by atoms with van der Waals surface area (Å²) in [6, 6.07) is 3.27. The van der Waals surface area contributed by atoms with E-state index in [1.54, 1.807) is 18.2 Å². The maximum Gasteiger partial charge on any atom is 0.410 e. The average Bonchev–Trinajstić information content (AvgIpc) is 3.18. The zero-order valence-electron chi connectivity index (χ0n) is 12.5. The van der Waals surface area contributed by atoms with Crippen molar-refractivity contribution in [3.8, 4) is 11.5 Å². The monoisotopic (exact) mass is 354 g/mol. The number of aromatic nitrogens is 2. The molecule has 2 unspecified atom stereocenters. The van der Waals surface area contributed by atoms with Crippen molar-refractivity contribution in [1.82, 2.24) is 9.78 Å². The predicted octanol–water partition coefficient (Wildman–Crippen LogP) is 1.64. The SMILES string of the molecule is O=C([O-])c1cc2n(n1)C(C(F)(F)F)CC(c1ccc3c(c1)OCO3)N2. The minimum absolute atomic E-state index is 0.0320. The van der Waals surface area contributed by atoms with Crippen molar-refractivity contribution in [1.29, 1.82) is 0 Å². The van der Waals surface area contributed by atoms with Gasteiger partial charge in [-0.05, 0) is 17.7 Å². The lowest BCUT2D eigenvalue weighted by Gasteiger charge is -2.33. The molecule has 0 aliphatic carbocycles. The number of anilines is 1. The summed E-state index contributed by atoms with van der Waals surface area (Å²) in [6.45, 7) is 0.0593. The first-order valence-corrected chi connectivity index (χ1v) is 7.36. The van der Waals surface area contributed by atoms with E-state index in [1.165, 1.54) is 0 Å². The van der Waals surface area contributed by atoms with Crippen molar-refractivity contribution < 1.29 is 32.5 Å². The van der Waals surface area contributed by atoms with Crippen LogP contribution in [0, 0.1) is 0 Å². The van der Waals surface area contributed by atoms with Crippen LogP contribution >= 0.6 is 0 Å². The number of carboxylic acid groups (broad SMARTS) is 1. The van der Waals surface area contributed by atoms with Gasteiger partial charge in [-0.3, -0.25) is 0 Å². The van der Waals surface area contributed by atoms with Crippen molar-refractivity contribution in [2.45, 2.75) is 24.7 Å². The van der Waals surface area contributed by atoms with Gasteiger partial charge in [0.2, 0.25) is 6.79 Å². The highest BCUT2D eigenvalue weighted by molar-refractivity contribution is 5.84. The zero-order valence-corrected chi connectivity index (χ0v) is 12.5. The third kappa shape index (κ3) is 2.63. The lowest BCUT2D eigenvalue weighted by atomic mass is 9.96. The molecule has 0 saturated carbocycles. The topological polar surface area (TPSA) is 88.4 Å².